The first-order chi connectivity index (χ1) is 13.8. The number of carboxylic acid groups (broad SMARTS) is 1. The number of hydrogen-bond acceptors (Lipinski definition) is 7. The molecule has 29 heavy (non-hydrogen) atoms. The molecule has 0 spiro atoms. The summed E-state index contributed by atoms with van der Waals surface area (Å²) >= 11 is 0.996. The SMILES string of the molecule is CC1=C/C(=N\c2nc(O)c(-c3c(O)n(CC(=O)O)c4ccccc34)s2)C(=O)C=C1. The summed E-state index contributed by atoms with van der Waals surface area (Å²) in [6.07, 6.45) is 4.71. The smallest absolute Gasteiger partial charge is 0.323 e. The van der Waals surface area contributed by atoms with E-state index in [-0.39, 0.29) is 38.8 Å². The Balaban J connectivity index is 1.86. The number of fused-ring (bicyclic) bond motifs is 1. The van der Waals surface area contributed by atoms with Crippen LogP contribution in [0.4, 0.5) is 5.13 Å². The number of carbonyl (C=O) groups excluding carboxylic acids is 1. The van der Waals surface area contributed by atoms with Gasteiger partial charge in [-0.3, -0.25) is 9.59 Å². The Morgan fingerprint density at radius 2 is 2.00 bits per heavy atom. The van der Waals surface area contributed by atoms with Gasteiger partial charge in [-0.15, -0.1) is 0 Å². The van der Waals surface area contributed by atoms with Gasteiger partial charge in [0.2, 0.25) is 22.7 Å². The van der Waals surface area contributed by atoms with Crippen LogP contribution in [0.2, 0.25) is 0 Å². The van der Waals surface area contributed by atoms with Gasteiger partial charge in [0.1, 0.15) is 17.1 Å². The lowest BCUT2D eigenvalue weighted by Gasteiger charge is -2.03. The standard InChI is InChI=1S/C20H15N3O5S/c1-10-6-7-14(24)12(8-10)21-20-22-18(27)17(29-20)16-11-4-2-3-5-13(11)23(19(16)28)9-15(25)26/h2-8,27-28H,9H2,1H3,(H,25,26)/b21-12+. The fourth-order valence-corrected chi connectivity index (χ4v) is 4.04. The normalized spacial score (nSPS) is 15.3. The fraction of sp³-hybridized carbons (Fsp3) is 0.100. The molecule has 4 rings (SSSR count). The summed E-state index contributed by atoms with van der Waals surface area (Å²) in [4.78, 5) is 31.7. The molecule has 0 aliphatic heterocycles. The topological polar surface area (TPSA) is 125 Å². The van der Waals surface area contributed by atoms with E-state index in [0.717, 1.165) is 16.9 Å². The molecular weight excluding hydrogens is 394 g/mol. The monoisotopic (exact) mass is 409 g/mol. The van der Waals surface area contributed by atoms with Crippen LogP contribution in [-0.2, 0) is 16.1 Å². The minimum Gasteiger partial charge on any atom is -0.494 e. The zero-order chi connectivity index (χ0) is 20.7. The van der Waals surface area contributed by atoms with E-state index < -0.39 is 12.5 Å². The fourth-order valence-electron chi connectivity index (χ4n) is 3.14. The van der Waals surface area contributed by atoms with Crippen LogP contribution in [0.3, 0.4) is 0 Å². The maximum absolute atomic E-state index is 12.0. The molecule has 146 valence electrons. The molecule has 0 atom stereocenters. The number of aromatic hydroxyl groups is 2. The zero-order valence-electron chi connectivity index (χ0n) is 15.2. The quantitative estimate of drug-likeness (QED) is 0.567. The van der Waals surface area contributed by atoms with Gasteiger partial charge in [-0.05, 0) is 30.7 Å². The van der Waals surface area contributed by atoms with E-state index in [1.54, 1.807) is 36.4 Å². The molecule has 0 unspecified atom stereocenters. The molecule has 0 bridgehead atoms. The third-order valence-corrected chi connectivity index (χ3v) is 5.35. The molecule has 0 saturated heterocycles. The Bertz CT molecular complexity index is 1260. The maximum Gasteiger partial charge on any atom is 0.323 e. The first kappa shape index (κ1) is 18.6. The average molecular weight is 409 g/mol. The van der Waals surface area contributed by atoms with Crippen LogP contribution < -0.4 is 0 Å². The van der Waals surface area contributed by atoms with Crippen molar-refractivity contribution >= 4 is 44.8 Å². The molecule has 0 saturated carbocycles. The number of benzene rings is 1. The first-order valence-electron chi connectivity index (χ1n) is 8.56. The van der Waals surface area contributed by atoms with Crippen molar-refractivity contribution in [1.82, 2.24) is 9.55 Å². The van der Waals surface area contributed by atoms with E-state index in [2.05, 4.69) is 9.98 Å². The highest BCUT2D eigenvalue weighted by Crippen LogP contribution is 2.47. The molecule has 3 aromatic rings. The van der Waals surface area contributed by atoms with E-state index in [0.29, 0.717) is 10.9 Å². The maximum atomic E-state index is 12.0. The second kappa shape index (κ2) is 7.02. The predicted molar refractivity (Wildman–Crippen MR) is 109 cm³/mol. The lowest BCUT2D eigenvalue weighted by molar-refractivity contribution is -0.137. The Morgan fingerprint density at radius 3 is 2.76 bits per heavy atom. The molecule has 3 N–H and O–H groups in total. The second-order valence-electron chi connectivity index (χ2n) is 6.43. The van der Waals surface area contributed by atoms with E-state index >= 15 is 0 Å². The molecule has 0 radical (unpaired) electrons. The first-order valence-corrected chi connectivity index (χ1v) is 9.38. The van der Waals surface area contributed by atoms with Gasteiger partial charge in [-0.25, -0.2) is 4.99 Å². The van der Waals surface area contributed by atoms with Crippen molar-refractivity contribution in [3.63, 3.8) is 0 Å². The number of aromatic nitrogens is 2. The van der Waals surface area contributed by atoms with Crippen LogP contribution in [0.1, 0.15) is 6.92 Å². The number of thiazole rings is 1. The Morgan fingerprint density at radius 1 is 1.24 bits per heavy atom. The van der Waals surface area contributed by atoms with Crippen molar-refractivity contribution < 1.29 is 24.9 Å². The van der Waals surface area contributed by atoms with Gasteiger partial charge in [-0.1, -0.05) is 35.6 Å². The molecule has 0 fully saturated rings. The molecule has 8 nitrogen and oxygen atoms in total. The largest absolute Gasteiger partial charge is 0.494 e. The van der Waals surface area contributed by atoms with Crippen molar-refractivity contribution in [2.45, 2.75) is 13.5 Å². The predicted octanol–water partition coefficient (Wildman–Crippen LogP) is 3.42. The number of nitrogens with zero attached hydrogens (tertiary/aromatic N) is 3. The van der Waals surface area contributed by atoms with Crippen LogP contribution in [0, 0.1) is 0 Å². The van der Waals surface area contributed by atoms with Crippen LogP contribution in [0.5, 0.6) is 11.8 Å². The second-order valence-corrected chi connectivity index (χ2v) is 7.41. The summed E-state index contributed by atoms with van der Waals surface area (Å²) in [5, 5.41) is 31.0. The Labute approximate surface area is 168 Å². The summed E-state index contributed by atoms with van der Waals surface area (Å²) < 4.78 is 1.25. The van der Waals surface area contributed by atoms with E-state index in [4.69, 9.17) is 5.11 Å². The molecule has 0 amide bonds. The molecular formula is C20H15N3O5S. The molecule has 1 aromatic carbocycles. The van der Waals surface area contributed by atoms with Crippen molar-refractivity contribution in [2.24, 2.45) is 4.99 Å². The van der Waals surface area contributed by atoms with Crippen LogP contribution >= 0.6 is 11.3 Å². The zero-order valence-corrected chi connectivity index (χ0v) is 16.0. The Hall–Kier alpha value is -3.72. The summed E-state index contributed by atoms with van der Waals surface area (Å²) in [6, 6.07) is 6.87. The molecule has 2 heterocycles. The number of allylic oxidation sites excluding steroid dienone is 4. The number of aliphatic carboxylic acids is 1. The molecule has 1 aliphatic rings. The van der Waals surface area contributed by atoms with Gasteiger partial charge in [0.15, 0.2) is 0 Å². The average Bonchev–Trinajstić information content (AvgIpc) is 3.15. The summed E-state index contributed by atoms with van der Waals surface area (Å²) in [7, 11) is 0. The molecule has 1 aliphatic carbocycles. The van der Waals surface area contributed by atoms with E-state index in [1.807, 2.05) is 6.92 Å². The summed E-state index contributed by atoms with van der Waals surface area (Å²) in [5.74, 6) is -2.03. The highest BCUT2D eigenvalue weighted by Gasteiger charge is 2.24. The van der Waals surface area contributed by atoms with Gasteiger partial charge in [-0.2, -0.15) is 4.98 Å². The van der Waals surface area contributed by atoms with E-state index in [9.17, 15) is 19.8 Å². The van der Waals surface area contributed by atoms with Crippen molar-refractivity contribution in [3.8, 4) is 22.2 Å². The number of para-hydroxylation sites is 1. The van der Waals surface area contributed by atoms with Crippen LogP contribution in [0.25, 0.3) is 21.3 Å². The van der Waals surface area contributed by atoms with Gasteiger partial charge in [0.05, 0.1) is 11.1 Å². The Kier molecular flexibility index (Phi) is 4.51. The number of carbonyl (C=O) groups is 2. The minimum atomic E-state index is -1.11. The highest BCUT2D eigenvalue weighted by molar-refractivity contribution is 7.19. The summed E-state index contributed by atoms with van der Waals surface area (Å²) in [5.41, 5.74) is 1.83. The highest BCUT2D eigenvalue weighted by atomic mass is 32.1. The number of rotatable bonds is 4. The number of ketones is 1. The van der Waals surface area contributed by atoms with Crippen molar-refractivity contribution in [1.29, 1.82) is 0 Å². The number of hydrogen-bond donors (Lipinski definition) is 3. The van der Waals surface area contributed by atoms with Crippen molar-refractivity contribution in [3.05, 3.63) is 48.1 Å². The van der Waals surface area contributed by atoms with Gasteiger partial charge in [0.25, 0.3) is 0 Å². The lowest BCUT2D eigenvalue weighted by atomic mass is 10.1. The van der Waals surface area contributed by atoms with Gasteiger partial charge >= 0.3 is 5.97 Å². The van der Waals surface area contributed by atoms with Crippen LogP contribution in [0.15, 0.2) is 53.1 Å². The molecule has 2 aromatic heterocycles. The third kappa shape index (κ3) is 3.32. The number of carboxylic acids is 1. The van der Waals surface area contributed by atoms with E-state index in [1.165, 1.54) is 10.6 Å². The number of aliphatic imine (C=N–C) groups is 1. The van der Waals surface area contributed by atoms with Gasteiger partial charge < -0.3 is 19.9 Å². The third-order valence-electron chi connectivity index (χ3n) is 4.39. The van der Waals surface area contributed by atoms with Gasteiger partial charge in [0, 0.05) is 5.39 Å². The van der Waals surface area contributed by atoms with Crippen molar-refractivity contribution in [2.75, 3.05) is 0 Å². The summed E-state index contributed by atoms with van der Waals surface area (Å²) in [6.45, 7) is 1.39. The minimum absolute atomic E-state index is 0.148. The lowest BCUT2D eigenvalue weighted by Crippen LogP contribution is -2.11. The molecule has 9 heteroatoms. The van der Waals surface area contributed by atoms with Crippen LogP contribution in [-0.4, -0.2) is 42.3 Å².